The number of aromatic amines is 1. The summed E-state index contributed by atoms with van der Waals surface area (Å²) < 4.78 is 0. The number of aryl methyl sites for hydroxylation is 2. The topological polar surface area (TPSA) is 94.3 Å². The van der Waals surface area contributed by atoms with Gasteiger partial charge in [0, 0.05) is 43.2 Å². The molecule has 3 amide bonds. The van der Waals surface area contributed by atoms with Crippen molar-refractivity contribution in [3.8, 4) is 0 Å². The van der Waals surface area contributed by atoms with Gasteiger partial charge in [-0.2, -0.15) is 0 Å². The Morgan fingerprint density at radius 3 is 2.39 bits per heavy atom. The molecule has 0 spiro atoms. The van der Waals surface area contributed by atoms with Gasteiger partial charge in [0.25, 0.3) is 0 Å². The van der Waals surface area contributed by atoms with Gasteiger partial charge in [0.1, 0.15) is 6.04 Å². The summed E-state index contributed by atoms with van der Waals surface area (Å²) in [6.45, 7) is 5.11. The Labute approximate surface area is 181 Å². The molecule has 7 nitrogen and oxygen atoms in total. The van der Waals surface area contributed by atoms with Gasteiger partial charge in [-0.25, -0.2) is 0 Å². The number of hydrogen-bond donors (Lipinski definition) is 3. The number of carbonyl (C=O) groups is 3. The summed E-state index contributed by atoms with van der Waals surface area (Å²) in [6, 6.07) is 12.8. The minimum Gasteiger partial charge on any atom is -0.361 e. The number of fused-ring (bicyclic) bond motifs is 1. The summed E-state index contributed by atoms with van der Waals surface area (Å²) in [6.07, 6.45) is 2.17. The summed E-state index contributed by atoms with van der Waals surface area (Å²) in [5, 5.41) is 6.62. The molecule has 162 valence electrons. The van der Waals surface area contributed by atoms with Crippen LogP contribution in [-0.2, 0) is 20.8 Å². The van der Waals surface area contributed by atoms with Gasteiger partial charge in [-0.15, -0.1) is 0 Å². The first-order valence-corrected chi connectivity index (χ1v) is 10.2. The van der Waals surface area contributed by atoms with Gasteiger partial charge in [0.05, 0.1) is 6.54 Å². The molecule has 3 rings (SSSR count). The predicted molar refractivity (Wildman–Crippen MR) is 122 cm³/mol. The molecule has 0 bridgehead atoms. The molecule has 1 atom stereocenters. The average molecular weight is 421 g/mol. The lowest BCUT2D eigenvalue weighted by molar-refractivity contribution is -0.137. The maximum atomic E-state index is 13.1. The van der Waals surface area contributed by atoms with Gasteiger partial charge >= 0.3 is 0 Å². The first-order chi connectivity index (χ1) is 14.8. The van der Waals surface area contributed by atoms with E-state index in [9.17, 15) is 14.4 Å². The fourth-order valence-electron chi connectivity index (χ4n) is 3.72. The first kappa shape index (κ1) is 22.1. The quantitative estimate of drug-likeness (QED) is 0.549. The number of likely N-dealkylation sites (N-methyl/N-ethyl adjacent to an activating group) is 1. The second kappa shape index (κ2) is 9.47. The monoisotopic (exact) mass is 420 g/mol. The van der Waals surface area contributed by atoms with E-state index in [-0.39, 0.29) is 24.3 Å². The Bertz CT molecular complexity index is 1100. The number of H-pyrrole nitrogens is 1. The number of anilines is 1. The molecule has 1 unspecified atom stereocenters. The number of carbonyl (C=O) groups excluding carboxylic acids is 3. The molecule has 1 aromatic heterocycles. The standard InChI is InChI=1S/C24H28N4O3/c1-15-8-7-9-16(2)23(15)27-22(30)14-28(4)24(31)21(26-17(3)29)12-18-13-25-20-11-6-5-10-19(18)20/h5-11,13,21,25H,12,14H2,1-4H3,(H,26,29)(H,27,30). The summed E-state index contributed by atoms with van der Waals surface area (Å²) in [4.78, 5) is 41.9. The Kier molecular flexibility index (Phi) is 6.74. The third-order valence-electron chi connectivity index (χ3n) is 5.28. The Morgan fingerprint density at radius 1 is 1.03 bits per heavy atom. The van der Waals surface area contributed by atoms with E-state index in [1.807, 2.05) is 62.5 Å². The molecule has 0 saturated carbocycles. The normalized spacial score (nSPS) is 11.7. The molecular formula is C24H28N4O3. The average Bonchev–Trinajstić information content (AvgIpc) is 3.12. The fraction of sp³-hybridized carbons (Fsp3) is 0.292. The van der Waals surface area contributed by atoms with Crippen molar-refractivity contribution in [3.05, 3.63) is 65.4 Å². The van der Waals surface area contributed by atoms with Crippen molar-refractivity contribution in [2.45, 2.75) is 33.2 Å². The zero-order chi connectivity index (χ0) is 22.5. The van der Waals surface area contributed by atoms with Crippen LogP contribution in [0.4, 0.5) is 5.69 Å². The largest absolute Gasteiger partial charge is 0.361 e. The van der Waals surface area contributed by atoms with Gasteiger partial charge in [-0.1, -0.05) is 36.4 Å². The minimum atomic E-state index is -0.769. The molecule has 0 aliphatic carbocycles. The van der Waals surface area contributed by atoms with E-state index in [4.69, 9.17) is 0 Å². The van der Waals surface area contributed by atoms with Crippen molar-refractivity contribution in [1.82, 2.24) is 15.2 Å². The smallest absolute Gasteiger partial charge is 0.245 e. The van der Waals surface area contributed by atoms with E-state index >= 15 is 0 Å². The Hall–Kier alpha value is -3.61. The predicted octanol–water partition coefficient (Wildman–Crippen LogP) is 2.93. The van der Waals surface area contributed by atoms with Crippen molar-refractivity contribution >= 4 is 34.3 Å². The minimum absolute atomic E-state index is 0.115. The molecule has 0 fully saturated rings. The molecule has 0 radical (unpaired) electrons. The molecule has 1 heterocycles. The number of rotatable bonds is 7. The molecule has 0 saturated heterocycles. The highest BCUT2D eigenvalue weighted by Gasteiger charge is 2.26. The van der Waals surface area contributed by atoms with Crippen LogP contribution < -0.4 is 10.6 Å². The number of hydrogen-bond acceptors (Lipinski definition) is 3. The van der Waals surface area contributed by atoms with Crippen molar-refractivity contribution < 1.29 is 14.4 Å². The highest BCUT2D eigenvalue weighted by atomic mass is 16.2. The lowest BCUT2D eigenvalue weighted by Gasteiger charge is -2.24. The van der Waals surface area contributed by atoms with Gasteiger partial charge < -0.3 is 20.5 Å². The van der Waals surface area contributed by atoms with Crippen LogP contribution in [0.25, 0.3) is 10.9 Å². The van der Waals surface area contributed by atoms with Crippen LogP contribution in [0, 0.1) is 13.8 Å². The van der Waals surface area contributed by atoms with Gasteiger partial charge in [0.2, 0.25) is 17.7 Å². The molecule has 2 aromatic carbocycles. The molecular weight excluding hydrogens is 392 g/mol. The van der Waals surface area contributed by atoms with E-state index in [0.29, 0.717) is 6.42 Å². The Morgan fingerprint density at radius 2 is 1.71 bits per heavy atom. The van der Waals surface area contributed by atoms with Crippen LogP contribution in [0.15, 0.2) is 48.7 Å². The third kappa shape index (κ3) is 5.31. The van der Waals surface area contributed by atoms with E-state index < -0.39 is 6.04 Å². The van der Waals surface area contributed by atoms with E-state index in [1.165, 1.54) is 11.8 Å². The van der Waals surface area contributed by atoms with E-state index in [2.05, 4.69) is 15.6 Å². The highest BCUT2D eigenvalue weighted by molar-refractivity contribution is 5.97. The molecule has 7 heteroatoms. The number of aromatic nitrogens is 1. The first-order valence-electron chi connectivity index (χ1n) is 10.2. The fourth-order valence-corrected chi connectivity index (χ4v) is 3.72. The van der Waals surface area contributed by atoms with Gasteiger partial charge in [-0.3, -0.25) is 14.4 Å². The van der Waals surface area contributed by atoms with Crippen molar-refractivity contribution in [3.63, 3.8) is 0 Å². The third-order valence-corrected chi connectivity index (χ3v) is 5.28. The van der Waals surface area contributed by atoms with Crippen molar-refractivity contribution in [2.75, 3.05) is 18.9 Å². The molecule has 3 aromatic rings. The summed E-state index contributed by atoms with van der Waals surface area (Å²) in [5.41, 5.74) is 4.56. The number of benzene rings is 2. The number of amides is 3. The van der Waals surface area contributed by atoms with E-state index in [1.54, 1.807) is 7.05 Å². The van der Waals surface area contributed by atoms with Crippen LogP contribution >= 0.6 is 0 Å². The summed E-state index contributed by atoms with van der Waals surface area (Å²) in [5.74, 6) is -0.911. The lowest BCUT2D eigenvalue weighted by atomic mass is 10.0. The zero-order valence-corrected chi connectivity index (χ0v) is 18.3. The maximum Gasteiger partial charge on any atom is 0.245 e. The summed E-state index contributed by atoms with van der Waals surface area (Å²) in [7, 11) is 1.57. The second-order valence-electron chi connectivity index (χ2n) is 7.83. The van der Waals surface area contributed by atoms with Gasteiger partial charge in [-0.05, 0) is 36.6 Å². The lowest BCUT2D eigenvalue weighted by Crippen LogP contribution is -2.49. The van der Waals surface area contributed by atoms with Crippen molar-refractivity contribution in [1.29, 1.82) is 0 Å². The maximum absolute atomic E-state index is 13.1. The number of para-hydroxylation sites is 2. The highest BCUT2D eigenvalue weighted by Crippen LogP contribution is 2.20. The second-order valence-corrected chi connectivity index (χ2v) is 7.83. The van der Waals surface area contributed by atoms with Crippen LogP contribution in [0.2, 0.25) is 0 Å². The van der Waals surface area contributed by atoms with Gasteiger partial charge in [0.15, 0.2) is 0 Å². The molecule has 0 aliphatic heterocycles. The number of nitrogens with one attached hydrogen (secondary N) is 3. The van der Waals surface area contributed by atoms with Crippen molar-refractivity contribution in [2.24, 2.45) is 0 Å². The van der Waals surface area contributed by atoms with Crippen LogP contribution in [0.5, 0.6) is 0 Å². The SMILES string of the molecule is CC(=O)NC(Cc1c[nH]c2ccccc12)C(=O)N(C)CC(=O)Nc1c(C)cccc1C. The van der Waals surface area contributed by atoms with Crippen LogP contribution in [0.1, 0.15) is 23.6 Å². The van der Waals surface area contributed by atoms with Crippen LogP contribution in [0.3, 0.4) is 0 Å². The zero-order valence-electron chi connectivity index (χ0n) is 18.3. The molecule has 0 aliphatic rings. The summed E-state index contributed by atoms with van der Waals surface area (Å²) >= 11 is 0. The van der Waals surface area contributed by atoms with E-state index in [0.717, 1.165) is 33.3 Å². The Balaban J connectivity index is 1.71. The molecule has 31 heavy (non-hydrogen) atoms. The van der Waals surface area contributed by atoms with Crippen LogP contribution in [-0.4, -0.2) is 47.2 Å². The number of nitrogens with zero attached hydrogens (tertiary/aromatic N) is 1. The molecule has 3 N–H and O–H groups in total.